The van der Waals surface area contributed by atoms with Gasteiger partial charge in [0, 0.05) is 13.1 Å². The number of aromatic carboxylic acids is 1. The standard InChI is InChI=1S/C14H14N4O4/c19-13(20)12-15-9-18(16-12)11-6-17(7-11)14(21)22-8-10-4-2-1-3-5-10/h1-5,9,11H,6-8H2,(H,19,20). The molecule has 1 fully saturated rings. The van der Waals surface area contributed by atoms with Crippen LogP contribution in [0.4, 0.5) is 4.79 Å². The van der Waals surface area contributed by atoms with Crippen molar-refractivity contribution in [1.29, 1.82) is 0 Å². The van der Waals surface area contributed by atoms with Gasteiger partial charge in [-0.2, -0.15) is 0 Å². The third-order valence-corrected chi connectivity index (χ3v) is 3.40. The minimum absolute atomic E-state index is 0.0649. The van der Waals surface area contributed by atoms with Crippen LogP contribution in [-0.4, -0.2) is 49.9 Å². The predicted octanol–water partition coefficient (Wildman–Crippen LogP) is 1.17. The van der Waals surface area contributed by atoms with Crippen LogP contribution >= 0.6 is 0 Å². The molecule has 3 rings (SSSR count). The molecule has 0 aliphatic carbocycles. The number of aromatic nitrogens is 3. The minimum atomic E-state index is -1.17. The molecular weight excluding hydrogens is 288 g/mol. The average molecular weight is 302 g/mol. The first-order valence-corrected chi connectivity index (χ1v) is 6.73. The van der Waals surface area contributed by atoms with Crippen molar-refractivity contribution < 1.29 is 19.4 Å². The summed E-state index contributed by atoms with van der Waals surface area (Å²) < 4.78 is 6.67. The highest BCUT2D eigenvalue weighted by atomic mass is 16.6. The Balaban J connectivity index is 1.48. The third kappa shape index (κ3) is 2.90. The molecule has 1 aromatic carbocycles. The molecule has 0 atom stereocenters. The molecule has 1 aliphatic rings. The van der Waals surface area contributed by atoms with E-state index in [-0.39, 0.29) is 18.5 Å². The number of hydrogen-bond acceptors (Lipinski definition) is 5. The number of rotatable bonds is 4. The highest BCUT2D eigenvalue weighted by Crippen LogP contribution is 2.21. The van der Waals surface area contributed by atoms with E-state index in [1.807, 2.05) is 30.3 Å². The SMILES string of the molecule is O=C(O)c1ncn(C2CN(C(=O)OCc3ccccc3)C2)n1. The molecule has 8 nitrogen and oxygen atoms in total. The van der Waals surface area contributed by atoms with Gasteiger partial charge in [-0.3, -0.25) is 0 Å². The van der Waals surface area contributed by atoms with E-state index in [4.69, 9.17) is 9.84 Å². The fraction of sp³-hybridized carbons (Fsp3) is 0.286. The second-order valence-electron chi connectivity index (χ2n) is 4.95. The number of carboxylic acids is 1. The van der Waals surface area contributed by atoms with Gasteiger partial charge in [0.25, 0.3) is 5.82 Å². The molecule has 1 amide bonds. The number of hydrogen-bond donors (Lipinski definition) is 1. The molecule has 1 saturated heterocycles. The van der Waals surface area contributed by atoms with Crippen molar-refractivity contribution in [2.45, 2.75) is 12.6 Å². The van der Waals surface area contributed by atoms with Crippen molar-refractivity contribution in [3.8, 4) is 0 Å². The largest absolute Gasteiger partial charge is 0.475 e. The summed E-state index contributed by atoms with van der Waals surface area (Å²) in [6, 6.07) is 9.37. The Morgan fingerprint density at radius 2 is 2.00 bits per heavy atom. The molecule has 1 N–H and O–H groups in total. The lowest BCUT2D eigenvalue weighted by molar-refractivity contribution is 0.0489. The molecule has 0 bridgehead atoms. The van der Waals surface area contributed by atoms with Gasteiger partial charge in [-0.1, -0.05) is 30.3 Å². The minimum Gasteiger partial charge on any atom is -0.475 e. The maximum absolute atomic E-state index is 11.9. The van der Waals surface area contributed by atoms with E-state index in [1.54, 1.807) is 0 Å². The van der Waals surface area contributed by atoms with Crippen LogP contribution in [0.1, 0.15) is 22.2 Å². The van der Waals surface area contributed by atoms with Crippen LogP contribution in [0, 0.1) is 0 Å². The topological polar surface area (TPSA) is 97.6 Å². The van der Waals surface area contributed by atoms with E-state index in [1.165, 1.54) is 15.9 Å². The molecule has 1 aromatic heterocycles. The Morgan fingerprint density at radius 3 is 2.64 bits per heavy atom. The monoisotopic (exact) mass is 302 g/mol. The zero-order chi connectivity index (χ0) is 15.5. The van der Waals surface area contributed by atoms with E-state index in [2.05, 4.69) is 10.1 Å². The summed E-state index contributed by atoms with van der Waals surface area (Å²) in [6.45, 7) is 1.08. The Kier molecular flexibility index (Phi) is 3.73. The van der Waals surface area contributed by atoms with E-state index in [0.717, 1.165) is 5.56 Å². The highest BCUT2D eigenvalue weighted by molar-refractivity contribution is 5.82. The molecule has 0 spiro atoms. The fourth-order valence-electron chi connectivity index (χ4n) is 2.13. The second kappa shape index (κ2) is 5.84. The number of carbonyl (C=O) groups excluding carboxylic acids is 1. The highest BCUT2D eigenvalue weighted by Gasteiger charge is 2.34. The summed E-state index contributed by atoms with van der Waals surface area (Å²) in [6.07, 6.45) is 0.972. The van der Waals surface area contributed by atoms with Crippen molar-refractivity contribution in [2.24, 2.45) is 0 Å². The summed E-state index contributed by atoms with van der Waals surface area (Å²) in [4.78, 5) is 27.8. The molecule has 114 valence electrons. The van der Waals surface area contributed by atoms with Crippen molar-refractivity contribution in [1.82, 2.24) is 19.7 Å². The summed E-state index contributed by atoms with van der Waals surface area (Å²) in [5.74, 6) is -1.41. The van der Waals surface area contributed by atoms with Crippen LogP contribution in [0.3, 0.4) is 0 Å². The smallest absolute Gasteiger partial charge is 0.410 e. The second-order valence-corrected chi connectivity index (χ2v) is 4.95. The number of carboxylic acid groups (broad SMARTS) is 1. The van der Waals surface area contributed by atoms with Gasteiger partial charge in [0.2, 0.25) is 0 Å². The van der Waals surface area contributed by atoms with Crippen molar-refractivity contribution in [3.63, 3.8) is 0 Å². The van der Waals surface area contributed by atoms with E-state index >= 15 is 0 Å². The Morgan fingerprint density at radius 1 is 1.27 bits per heavy atom. The molecule has 22 heavy (non-hydrogen) atoms. The molecule has 8 heteroatoms. The number of ether oxygens (including phenoxy) is 1. The first kappa shape index (κ1) is 14.1. The van der Waals surface area contributed by atoms with E-state index < -0.39 is 12.1 Å². The van der Waals surface area contributed by atoms with Gasteiger partial charge in [0.15, 0.2) is 0 Å². The Hall–Kier alpha value is -2.90. The zero-order valence-electron chi connectivity index (χ0n) is 11.6. The van der Waals surface area contributed by atoms with Crippen LogP contribution < -0.4 is 0 Å². The Bertz CT molecular complexity index is 679. The third-order valence-electron chi connectivity index (χ3n) is 3.40. The first-order chi connectivity index (χ1) is 10.6. The summed E-state index contributed by atoms with van der Waals surface area (Å²) in [5.41, 5.74) is 0.926. The molecule has 2 aromatic rings. The molecule has 2 heterocycles. The number of amides is 1. The van der Waals surface area contributed by atoms with Crippen molar-refractivity contribution >= 4 is 12.1 Å². The quantitative estimate of drug-likeness (QED) is 0.910. The van der Waals surface area contributed by atoms with Gasteiger partial charge >= 0.3 is 12.1 Å². The fourth-order valence-corrected chi connectivity index (χ4v) is 2.13. The lowest BCUT2D eigenvalue weighted by Crippen LogP contribution is -2.51. The van der Waals surface area contributed by atoms with Gasteiger partial charge in [-0.25, -0.2) is 19.3 Å². The zero-order valence-corrected chi connectivity index (χ0v) is 11.6. The van der Waals surface area contributed by atoms with E-state index in [9.17, 15) is 9.59 Å². The normalized spacial score (nSPS) is 14.5. The van der Waals surface area contributed by atoms with Gasteiger partial charge < -0.3 is 14.7 Å². The lowest BCUT2D eigenvalue weighted by Gasteiger charge is -2.37. The maximum atomic E-state index is 11.9. The van der Waals surface area contributed by atoms with E-state index in [0.29, 0.717) is 13.1 Å². The Labute approximate surface area is 125 Å². The molecular formula is C14H14N4O4. The number of likely N-dealkylation sites (tertiary alicyclic amines) is 1. The predicted molar refractivity (Wildman–Crippen MR) is 74.2 cm³/mol. The van der Waals surface area contributed by atoms with Crippen LogP contribution in [0.15, 0.2) is 36.7 Å². The summed E-state index contributed by atoms with van der Waals surface area (Å²) >= 11 is 0. The van der Waals surface area contributed by atoms with Crippen LogP contribution in [0.2, 0.25) is 0 Å². The van der Waals surface area contributed by atoms with Crippen LogP contribution in [-0.2, 0) is 11.3 Å². The number of nitrogens with zero attached hydrogens (tertiary/aromatic N) is 4. The lowest BCUT2D eigenvalue weighted by atomic mass is 10.1. The molecule has 1 aliphatic heterocycles. The summed E-state index contributed by atoms with van der Waals surface area (Å²) in [5, 5.41) is 12.6. The van der Waals surface area contributed by atoms with Gasteiger partial charge in [0.05, 0.1) is 6.04 Å². The first-order valence-electron chi connectivity index (χ1n) is 6.73. The summed E-state index contributed by atoms with van der Waals surface area (Å²) in [7, 11) is 0. The molecule has 0 radical (unpaired) electrons. The van der Waals surface area contributed by atoms with Gasteiger partial charge in [0.1, 0.15) is 12.9 Å². The maximum Gasteiger partial charge on any atom is 0.410 e. The average Bonchev–Trinajstić information content (AvgIpc) is 2.94. The van der Waals surface area contributed by atoms with Crippen molar-refractivity contribution in [2.75, 3.05) is 13.1 Å². The molecule has 0 saturated carbocycles. The number of benzene rings is 1. The van der Waals surface area contributed by atoms with Crippen LogP contribution in [0.5, 0.6) is 0 Å². The molecule has 0 unspecified atom stereocenters. The van der Waals surface area contributed by atoms with Gasteiger partial charge in [-0.05, 0) is 5.56 Å². The van der Waals surface area contributed by atoms with Gasteiger partial charge in [-0.15, -0.1) is 5.10 Å². The van der Waals surface area contributed by atoms with Crippen LogP contribution in [0.25, 0.3) is 0 Å². The number of carbonyl (C=O) groups is 2. The van der Waals surface area contributed by atoms with Crippen molar-refractivity contribution in [3.05, 3.63) is 48.0 Å².